The van der Waals surface area contributed by atoms with E-state index in [0.717, 1.165) is 0 Å². The first-order valence-electron chi connectivity index (χ1n) is 5.78. The highest BCUT2D eigenvalue weighted by molar-refractivity contribution is 9.10. The normalized spacial score (nSPS) is 11.1. The predicted octanol–water partition coefficient (Wildman–Crippen LogP) is 2.55. The van der Waals surface area contributed by atoms with Gasteiger partial charge in [0.1, 0.15) is 11.5 Å². The highest BCUT2D eigenvalue weighted by Crippen LogP contribution is 2.30. The number of rotatable bonds is 4. The minimum absolute atomic E-state index is 0.00809. The van der Waals surface area contributed by atoms with Gasteiger partial charge in [0.05, 0.1) is 27.9 Å². The molecule has 112 valence electrons. The van der Waals surface area contributed by atoms with Crippen LogP contribution >= 0.6 is 15.9 Å². The fraction of sp³-hybridized carbons (Fsp3) is 0.0769. The zero-order chi connectivity index (χ0) is 15.6. The molecule has 6 nitrogen and oxygen atoms in total. The second-order valence-electron chi connectivity index (χ2n) is 4.18. The van der Waals surface area contributed by atoms with Gasteiger partial charge in [-0.25, -0.2) is 8.42 Å². The zero-order valence-corrected chi connectivity index (χ0v) is 13.4. The number of sulfonamides is 1. The molecule has 8 heteroatoms. The molecule has 0 aliphatic heterocycles. The van der Waals surface area contributed by atoms with E-state index in [1.807, 2.05) is 0 Å². The molecule has 0 aliphatic rings. The van der Waals surface area contributed by atoms with Crippen molar-refractivity contribution in [2.45, 2.75) is 4.90 Å². The molecule has 4 N–H and O–H groups in total. The van der Waals surface area contributed by atoms with E-state index in [9.17, 15) is 13.5 Å². The minimum Gasteiger partial charge on any atom is -0.506 e. The van der Waals surface area contributed by atoms with Gasteiger partial charge >= 0.3 is 0 Å². The molecule has 0 unspecified atom stereocenters. The van der Waals surface area contributed by atoms with Crippen LogP contribution in [0, 0.1) is 0 Å². The molecule has 2 aromatic carbocycles. The molecule has 0 heterocycles. The average molecular weight is 373 g/mol. The maximum absolute atomic E-state index is 12.2. The fourth-order valence-electron chi connectivity index (χ4n) is 1.64. The van der Waals surface area contributed by atoms with Crippen molar-refractivity contribution in [3.05, 3.63) is 40.9 Å². The van der Waals surface area contributed by atoms with Crippen LogP contribution in [-0.2, 0) is 10.0 Å². The standard InChI is InChI=1S/C13H13BrN2O4S/c1-20-13-6-8(2-4-10(13)14)16-21(18,19)9-3-5-12(17)11(15)7-9/h2-7,16-17H,15H2,1H3. The van der Waals surface area contributed by atoms with Crippen LogP contribution in [0.15, 0.2) is 45.8 Å². The Morgan fingerprint density at radius 1 is 1.24 bits per heavy atom. The van der Waals surface area contributed by atoms with Gasteiger partial charge in [-0.1, -0.05) is 0 Å². The average Bonchev–Trinajstić information content (AvgIpc) is 2.43. The summed E-state index contributed by atoms with van der Waals surface area (Å²) in [6.07, 6.45) is 0. The zero-order valence-electron chi connectivity index (χ0n) is 11.0. The number of nitrogen functional groups attached to an aromatic ring is 1. The summed E-state index contributed by atoms with van der Waals surface area (Å²) in [6.45, 7) is 0. The third kappa shape index (κ3) is 3.40. The summed E-state index contributed by atoms with van der Waals surface area (Å²) in [5.74, 6) is 0.333. The van der Waals surface area contributed by atoms with Crippen molar-refractivity contribution in [1.82, 2.24) is 0 Å². The van der Waals surface area contributed by atoms with Crippen molar-refractivity contribution in [2.24, 2.45) is 0 Å². The highest BCUT2D eigenvalue weighted by atomic mass is 79.9. The molecular weight excluding hydrogens is 360 g/mol. The molecular formula is C13H13BrN2O4S. The molecule has 0 atom stereocenters. The van der Waals surface area contributed by atoms with E-state index in [1.165, 1.54) is 25.3 Å². The van der Waals surface area contributed by atoms with E-state index in [-0.39, 0.29) is 16.3 Å². The molecule has 0 saturated heterocycles. The predicted molar refractivity (Wildman–Crippen MR) is 84.0 cm³/mol. The number of phenolic OH excluding ortho intramolecular Hbond substituents is 1. The maximum Gasteiger partial charge on any atom is 0.261 e. The van der Waals surface area contributed by atoms with Crippen LogP contribution in [0.4, 0.5) is 11.4 Å². The third-order valence-corrected chi connectivity index (χ3v) is 4.75. The van der Waals surface area contributed by atoms with Crippen LogP contribution in [0.2, 0.25) is 0 Å². The van der Waals surface area contributed by atoms with Crippen molar-refractivity contribution in [3.63, 3.8) is 0 Å². The molecule has 0 spiro atoms. The van der Waals surface area contributed by atoms with Gasteiger partial charge in [0.15, 0.2) is 0 Å². The summed E-state index contributed by atoms with van der Waals surface area (Å²) < 4.78 is 32.7. The lowest BCUT2D eigenvalue weighted by atomic mass is 10.3. The first-order valence-corrected chi connectivity index (χ1v) is 8.06. The number of nitrogens with one attached hydrogen (secondary N) is 1. The Morgan fingerprint density at radius 3 is 2.57 bits per heavy atom. The van der Waals surface area contributed by atoms with Crippen molar-refractivity contribution in [3.8, 4) is 11.5 Å². The SMILES string of the molecule is COc1cc(NS(=O)(=O)c2ccc(O)c(N)c2)ccc1Br. The van der Waals surface area contributed by atoms with E-state index in [1.54, 1.807) is 18.2 Å². The molecule has 0 bridgehead atoms. The molecule has 0 aromatic heterocycles. The Bertz CT molecular complexity index is 778. The Labute approximate surface area is 130 Å². The van der Waals surface area contributed by atoms with Crippen LogP contribution in [0.25, 0.3) is 0 Å². The van der Waals surface area contributed by atoms with Crippen molar-refractivity contribution >= 4 is 37.3 Å². The topological polar surface area (TPSA) is 102 Å². The van der Waals surface area contributed by atoms with Crippen molar-refractivity contribution in [2.75, 3.05) is 17.6 Å². The quantitative estimate of drug-likeness (QED) is 0.565. The van der Waals surface area contributed by atoms with Gasteiger partial charge in [0.2, 0.25) is 0 Å². The van der Waals surface area contributed by atoms with Crippen LogP contribution in [0.5, 0.6) is 11.5 Å². The summed E-state index contributed by atoms with van der Waals surface area (Å²) in [5, 5.41) is 9.34. The number of halogens is 1. The molecule has 0 saturated carbocycles. The van der Waals surface area contributed by atoms with Crippen LogP contribution in [0.3, 0.4) is 0 Å². The van der Waals surface area contributed by atoms with Crippen LogP contribution in [-0.4, -0.2) is 20.6 Å². The van der Waals surface area contributed by atoms with Crippen LogP contribution in [0.1, 0.15) is 0 Å². The van der Waals surface area contributed by atoms with E-state index in [0.29, 0.717) is 15.9 Å². The summed E-state index contributed by atoms with van der Waals surface area (Å²) in [7, 11) is -2.32. The number of phenols is 1. The van der Waals surface area contributed by atoms with Gasteiger partial charge in [0, 0.05) is 6.07 Å². The molecule has 0 radical (unpaired) electrons. The lowest BCUT2D eigenvalue weighted by molar-refractivity contribution is 0.412. The molecule has 21 heavy (non-hydrogen) atoms. The number of ether oxygens (including phenoxy) is 1. The van der Waals surface area contributed by atoms with E-state index >= 15 is 0 Å². The van der Waals surface area contributed by atoms with Gasteiger partial charge in [-0.05, 0) is 46.3 Å². The Morgan fingerprint density at radius 2 is 1.95 bits per heavy atom. The van der Waals surface area contributed by atoms with E-state index in [4.69, 9.17) is 10.5 Å². The number of aromatic hydroxyl groups is 1. The second-order valence-corrected chi connectivity index (χ2v) is 6.71. The summed E-state index contributed by atoms with van der Waals surface area (Å²) in [6, 6.07) is 8.49. The van der Waals surface area contributed by atoms with E-state index in [2.05, 4.69) is 20.7 Å². The highest BCUT2D eigenvalue weighted by Gasteiger charge is 2.16. The summed E-state index contributed by atoms with van der Waals surface area (Å²) >= 11 is 3.29. The number of hydrogen-bond acceptors (Lipinski definition) is 5. The molecule has 0 amide bonds. The first kappa shape index (κ1) is 15.5. The lowest BCUT2D eigenvalue weighted by Crippen LogP contribution is -2.13. The maximum atomic E-state index is 12.2. The third-order valence-electron chi connectivity index (χ3n) is 2.71. The van der Waals surface area contributed by atoms with Gasteiger partial charge in [0.25, 0.3) is 10.0 Å². The Kier molecular flexibility index (Phi) is 4.29. The smallest absolute Gasteiger partial charge is 0.261 e. The number of hydrogen-bond donors (Lipinski definition) is 3. The fourth-order valence-corrected chi connectivity index (χ4v) is 3.13. The lowest BCUT2D eigenvalue weighted by Gasteiger charge is -2.11. The van der Waals surface area contributed by atoms with Gasteiger partial charge < -0.3 is 15.6 Å². The van der Waals surface area contributed by atoms with Gasteiger partial charge in [-0.15, -0.1) is 0 Å². The largest absolute Gasteiger partial charge is 0.506 e. The first-order chi connectivity index (χ1) is 9.83. The van der Waals surface area contributed by atoms with Gasteiger partial charge in [-0.3, -0.25) is 4.72 Å². The minimum atomic E-state index is -3.80. The molecule has 2 aromatic rings. The Balaban J connectivity index is 2.35. The second kappa shape index (κ2) is 5.82. The van der Waals surface area contributed by atoms with Crippen LogP contribution < -0.4 is 15.2 Å². The van der Waals surface area contributed by atoms with Crippen molar-refractivity contribution in [1.29, 1.82) is 0 Å². The van der Waals surface area contributed by atoms with Gasteiger partial charge in [-0.2, -0.15) is 0 Å². The van der Waals surface area contributed by atoms with Crippen molar-refractivity contribution < 1.29 is 18.3 Å². The Hall–Kier alpha value is -1.93. The number of methoxy groups -OCH3 is 1. The molecule has 0 fully saturated rings. The molecule has 2 rings (SSSR count). The van der Waals surface area contributed by atoms with E-state index < -0.39 is 10.0 Å². The monoisotopic (exact) mass is 372 g/mol. The summed E-state index contributed by atoms with van der Waals surface area (Å²) in [4.78, 5) is -0.0420. The molecule has 0 aliphatic carbocycles. The number of anilines is 2. The number of nitrogens with two attached hydrogens (primary N) is 1. The summed E-state index contributed by atoms with van der Waals surface area (Å²) in [5.41, 5.74) is 5.85. The number of benzene rings is 2.